The highest BCUT2D eigenvalue weighted by Crippen LogP contribution is 2.58. The maximum atomic E-state index is 17.3. The molecule has 0 radical (unpaired) electrons. The molecule has 4 aromatic carbocycles. The van der Waals surface area contributed by atoms with Crippen molar-refractivity contribution in [3.05, 3.63) is 179 Å². The molecular weight excluding hydrogens is 769 g/mol. The van der Waals surface area contributed by atoms with E-state index in [1.165, 1.54) is 0 Å². The second-order valence-electron chi connectivity index (χ2n) is 17.6. The number of hydrogen-bond donors (Lipinski definition) is 2. The number of rotatable bonds is 16. The van der Waals surface area contributed by atoms with Crippen molar-refractivity contribution in [2.75, 3.05) is 53.6 Å². The van der Waals surface area contributed by atoms with E-state index in [1.54, 1.807) is 14.2 Å². The summed E-state index contributed by atoms with van der Waals surface area (Å²) < 4.78 is 11.9. The van der Waals surface area contributed by atoms with Crippen LogP contribution in [0.1, 0.15) is 70.4 Å². The number of benzene rings is 4. The molecule has 0 bridgehead atoms. The van der Waals surface area contributed by atoms with Gasteiger partial charge in [-0.3, -0.25) is 14.4 Å². The van der Waals surface area contributed by atoms with Crippen molar-refractivity contribution in [3.8, 4) is 0 Å². The summed E-state index contributed by atoms with van der Waals surface area (Å²) in [7, 11) is 3.37. The zero-order chi connectivity index (χ0) is 42.9. The zero-order valence-corrected chi connectivity index (χ0v) is 36.2. The number of methoxy groups -OCH3 is 2. The number of piperidine rings is 2. The van der Waals surface area contributed by atoms with Crippen molar-refractivity contribution in [1.29, 1.82) is 0 Å². The molecule has 4 aliphatic rings. The molecule has 2 aliphatic heterocycles. The molecule has 4 aromatic rings. The first-order chi connectivity index (χ1) is 30.4. The molecule has 7 nitrogen and oxygen atoms in total. The fraction of sp³-hybridized carbons (Fsp3) is 0.364. The normalized spacial score (nSPS) is 26.4. The first-order valence-corrected chi connectivity index (χ1v) is 22.5. The highest BCUT2D eigenvalue weighted by atomic mass is 16.5. The predicted molar refractivity (Wildman–Crippen MR) is 248 cm³/mol. The standard InChI is InChI=1S/C55H60N2O5/c1-61-31-27-54(35-47(51(58)41-21-11-5-12-22-41)45(39-17-7-3-8-18-39)33-49(54)43-25-15-29-56-37-43)53(60)55(28-32-62-2)36-48(52(59)42-23-13-6-14-24-42)46(40-19-9-4-10-20-40)34-50(55)44-26-16-30-57-38-44/h3-14,17-24,33-36,43-44,49-50,56-57H,15-16,25-32,37-38H2,1-2H3. The van der Waals surface area contributed by atoms with Crippen molar-refractivity contribution < 1.29 is 23.9 Å². The van der Waals surface area contributed by atoms with Gasteiger partial charge in [-0.05, 0) is 111 Å². The third-order valence-corrected chi connectivity index (χ3v) is 14.0. The van der Waals surface area contributed by atoms with E-state index in [1.807, 2.05) is 97.1 Å². The topological polar surface area (TPSA) is 93.7 Å². The number of hydrogen-bond acceptors (Lipinski definition) is 7. The first kappa shape index (κ1) is 43.3. The molecule has 6 unspecified atom stereocenters. The van der Waals surface area contributed by atoms with Gasteiger partial charge in [-0.2, -0.15) is 0 Å². The van der Waals surface area contributed by atoms with Crippen LogP contribution in [-0.4, -0.2) is 71.0 Å². The Morgan fingerprint density at radius 1 is 0.548 bits per heavy atom. The average Bonchev–Trinajstić information content (AvgIpc) is 3.35. The highest BCUT2D eigenvalue weighted by molar-refractivity contribution is 6.21. The molecule has 7 heteroatoms. The molecule has 2 fully saturated rings. The van der Waals surface area contributed by atoms with E-state index >= 15 is 14.4 Å². The van der Waals surface area contributed by atoms with Crippen LogP contribution in [0.4, 0.5) is 0 Å². The van der Waals surface area contributed by atoms with Crippen molar-refractivity contribution in [3.63, 3.8) is 0 Å². The van der Waals surface area contributed by atoms with Crippen LogP contribution < -0.4 is 10.6 Å². The summed E-state index contributed by atoms with van der Waals surface area (Å²) in [6.07, 6.45) is 13.2. The summed E-state index contributed by atoms with van der Waals surface area (Å²) in [5, 5.41) is 7.35. The molecule has 0 amide bonds. The van der Waals surface area contributed by atoms with Crippen LogP contribution in [0, 0.1) is 34.5 Å². The molecule has 0 saturated carbocycles. The van der Waals surface area contributed by atoms with E-state index < -0.39 is 10.8 Å². The van der Waals surface area contributed by atoms with E-state index in [4.69, 9.17) is 9.47 Å². The van der Waals surface area contributed by atoms with Gasteiger partial charge in [0, 0.05) is 49.7 Å². The minimum atomic E-state index is -1.19. The Morgan fingerprint density at radius 2 is 0.919 bits per heavy atom. The van der Waals surface area contributed by atoms with Crippen LogP contribution in [-0.2, 0) is 14.3 Å². The van der Waals surface area contributed by atoms with Gasteiger partial charge in [0.2, 0.25) is 0 Å². The number of allylic oxidation sites excluding steroid dienone is 8. The fourth-order valence-electron chi connectivity index (χ4n) is 10.9. The molecule has 2 heterocycles. The minimum Gasteiger partial charge on any atom is -0.385 e. The molecular formula is C55H60N2O5. The maximum Gasteiger partial charge on any atom is 0.193 e. The highest BCUT2D eigenvalue weighted by Gasteiger charge is 2.59. The summed E-state index contributed by atoms with van der Waals surface area (Å²) in [4.78, 5) is 47.5. The molecule has 62 heavy (non-hydrogen) atoms. The third kappa shape index (κ3) is 8.69. The van der Waals surface area contributed by atoms with Crippen molar-refractivity contribution in [2.24, 2.45) is 34.5 Å². The SMILES string of the molecule is COCCC1(C(=O)C2(CCOC)C=C(C(=O)c3ccccc3)C(c3ccccc3)=CC2C2CCCNC2)C=C(C(=O)c2ccccc2)C(c2ccccc2)=CC1C1CCCNC1. The van der Waals surface area contributed by atoms with Crippen LogP contribution in [0.5, 0.6) is 0 Å². The van der Waals surface area contributed by atoms with Crippen LogP contribution in [0.25, 0.3) is 11.1 Å². The minimum absolute atomic E-state index is 0.0219. The van der Waals surface area contributed by atoms with Crippen molar-refractivity contribution in [2.45, 2.75) is 38.5 Å². The van der Waals surface area contributed by atoms with Gasteiger partial charge in [0.1, 0.15) is 0 Å². The Morgan fingerprint density at radius 3 is 1.26 bits per heavy atom. The molecule has 0 aromatic heterocycles. The number of carbonyl (C=O) groups is 3. The van der Waals surface area contributed by atoms with Gasteiger partial charge in [-0.1, -0.05) is 146 Å². The largest absolute Gasteiger partial charge is 0.385 e. The van der Waals surface area contributed by atoms with E-state index in [-0.39, 0.29) is 41.0 Å². The lowest BCUT2D eigenvalue weighted by atomic mass is 9.50. The second kappa shape index (κ2) is 19.8. The van der Waals surface area contributed by atoms with Gasteiger partial charge in [0.05, 0.1) is 10.8 Å². The number of Topliss-reactive ketones (excluding diaryl/α,β-unsaturated/α-hetero) is 3. The Labute approximate surface area is 367 Å². The van der Waals surface area contributed by atoms with Crippen LogP contribution in [0.3, 0.4) is 0 Å². The van der Waals surface area contributed by atoms with Gasteiger partial charge >= 0.3 is 0 Å². The molecule has 8 rings (SSSR count). The van der Waals surface area contributed by atoms with Crippen LogP contribution in [0.15, 0.2) is 157 Å². The monoisotopic (exact) mass is 828 g/mol. The molecule has 2 N–H and O–H groups in total. The Bertz CT molecular complexity index is 2140. The van der Waals surface area contributed by atoms with E-state index in [0.29, 0.717) is 48.3 Å². The Balaban J connectivity index is 1.43. The number of nitrogens with one attached hydrogen (secondary N) is 2. The molecule has 6 atom stereocenters. The van der Waals surface area contributed by atoms with E-state index in [9.17, 15) is 0 Å². The van der Waals surface area contributed by atoms with Gasteiger partial charge in [0.25, 0.3) is 0 Å². The first-order valence-electron chi connectivity index (χ1n) is 22.5. The van der Waals surface area contributed by atoms with Crippen LogP contribution >= 0.6 is 0 Å². The van der Waals surface area contributed by atoms with E-state index in [2.05, 4.69) is 59.2 Å². The lowest BCUT2D eigenvalue weighted by Gasteiger charge is -2.52. The summed E-state index contributed by atoms with van der Waals surface area (Å²) in [6.45, 7) is 3.93. The zero-order valence-electron chi connectivity index (χ0n) is 36.2. The second-order valence-corrected chi connectivity index (χ2v) is 17.6. The van der Waals surface area contributed by atoms with Gasteiger partial charge in [-0.25, -0.2) is 0 Å². The molecule has 0 spiro atoms. The summed E-state index contributed by atoms with van der Waals surface area (Å²) in [5.74, 6) is -0.614. The number of carbonyl (C=O) groups excluding carboxylic acids is 3. The lowest BCUT2D eigenvalue weighted by molar-refractivity contribution is -0.143. The van der Waals surface area contributed by atoms with Gasteiger partial charge in [-0.15, -0.1) is 0 Å². The molecule has 320 valence electrons. The molecule has 2 saturated heterocycles. The number of ketones is 3. The third-order valence-electron chi connectivity index (χ3n) is 14.0. The Kier molecular flexibility index (Phi) is 13.9. The smallest absolute Gasteiger partial charge is 0.193 e. The van der Waals surface area contributed by atoms with E-state index in [0.717, 1.165) is 74.1 Å². The Hall–Kier alpha value is -5.31. The fourth-order valence-corrected chi connectivity index (χ4v) is 10.9. The van der Waals surface area contributed by atoms with Gasteiger partial charge in [0.15, 0.2) is 17.3 Å². The average molecular weight is 829 g/mol. The quantitative estimate of drug-likeness (QED) is 0.109. The molecule has 2 aliphatic carbocycles. The predicted octanol–water partition coefficient (Wildman–Crippen LogP) is 9.65. The summed E-state index contributed by atoms with van der Waals surface area (Å²) >= 11 is 0. The summed E-state index contributed by atoms with van der Waals surface area (Å²) in [6, 6.07) is 39.1. The lowest BCUT2D eigenvalue weighted by Crippen LogP contribution is -2.56. The van der Waals surface area contributed by atoms with Gasteiger partial charge < -0.3 is 20.1 Å². The van der Waals surface area contributed by atoms with Crippen molar-refractivity contribution in [1.82, 2.24) is 10.6 Å². The maximum absolute atomic E-state index is 17.3. The summed E-state index contributed by atoms with van der Waals surface area (Å²) in [5.41, 5.74) is 3.35. The number of ether oxygens (including phenoxy) is 2. The van der Waals surface area contributed by atoms with Crippen LogP contribution in [0.2, 0.25) is 0 Å². The van der Waals surface area contributed by atoms with Crippen molar-refractivity contribution >= 4 is 28.5 Å².